The third-order valence-electron chi connectivity index (χ3n) is 6.76. The minimum absolute atomic E-state index is 0.337. The lowest BCUT2D eigenvalue weighted by atomic mass is 10.0. The van der Waals surface area contributed by atoms with Crippen LogP contribution in [0.25, 0.3) is 0 Å². The number of carbonyl (C=O) groups is 1. The first-order valence-electron chi connectivity index (χ1n) is 10.5. The lowest BCUT2D eigenvalue weighted by Crippen LogP contribution is -2.49. The highest BCUT2D eigenvalue weighted by molar-refractivity contribution is 5.82. The monoisotopic (exact) mass is 388 g/mol. The molecule has 4 rings (SSSR count). The van der Waals surface area contributed by atoms with Crippen molar-refractivity contribution in [3.63, 3.8) is 0 Å². The Balaban J connectivity index is 1.34. The van der Waals surface area contributed by atoms with Gasteiger partial charge in [0.25, 0.3) is 0 Å². The highest BCUT2D eigenvalue weighted by atomic mass is 16.5. The Kier molecular flexibility index (Phi) is 5.67. The summed E-state index contributed by atoms with van der Waals surface area (Å²) in [6, 6.07) is 4.02. The lowest BCUT2D eigenvalue weighted by Gasteiger charge is -2.35. The number of ether oxygens (including phenoxy) is 3. The van der Waals surface area contributed by atoms with Crippen LogP contribution in [0.1, 0.15) is 31.2 Å². The van der Waals surface area contributed by atoms with E-state index in [1.54, 1.807) is 21.3 Å². The molecule has 1 aromatic carbocycles. The Labute approximate surface area is 167 Å². The molecule has 154 valence electrons. The van der Waals surface area contributed by atoms with Crippen LogP contribution in [0.4, 0.5) is 0 Å². The normalized spacial score (nSPS) is 27.1. The summed E-state index contributed by atoms with van der Waals surface area (Å²) in [5.41, 5.74) is 1.13. The van der Waals surface area contributed by atoms with Gasteiger partial charge in [-0.15, -0.1) is 0 Å². The van der Waals surface area contributed by atoms with Crippen LogP contribution < -0.4 is 14.2 Å². The van der Waals surface area contributed by atoms with E-state index in [1.165, 1.54) is 25.7 Å². The molecule has 1 saturated heterocycles. The summed E-state index contributed by atoms with van der Waals surface area (Å²) >= 11 is 0. The summed E-state index contributed by atoms with van der Waals surface area (Å²) in [5.74, 6) is 4.13. The standard InChI is InChI=1S/C22H32N2O4/c1-26-18-12-15(13-19(27-2)21(18)28-3)14-23-8-10-24(11-9-23)22(25)20-16-6-4-5-7-17(16)20/h12-13,16-17,20H,4-11,14H2,1-3H3/t16-,17+,20?. The third-order valence-corrected chi connectivity index (χ3v) is 6.76. The number of piperazine rings is 1. The van der Waals surface area contributed by atoms with Crippen molar-refractivity contribution in [1.29, 1.82) is 0 Å². The predicted octanol–water partition coefficient (Wildman–Crippen LogP) is 2.79. The molecule has 0 N–H and O–H groups in total. The van der Waals surface area contributed by atoms with Gasteiger partial charge in [0.2, 0.25) is 11.7 Å². The van der Waals surface area contributed by atoms with E-state index in [2.05, 4.69) is 9.80 Å². The number of carbonyl (C=O) groups excluding carboxylic acids is 1. The van der Waals surface area contributed by atoms with Gasteiger partial charge in [-0.2, -0.15) is 0 Å². The van der Waals surface area contributed by atoms with Gasteiger partial charge < -0.3 is 19.1 Å². The van der Waals surface area contributed by atoms with Crippen molar-refractivity contribution in [3.05, 3.63) is 17.7 Å². The van der Waals surface area contributed by atoms with Gasteiger partial charge in [-0.3, -0.25) is 9.69 Å². The van der Waals surface area contributed by atoms with Crippen LogP contribution in [-0.2, 0) is 11.3 Å². The number of nitrogens with zero attached hydrogens (tertiary/aromatic N) is 2. The van der Waals surface area contributed by atoms with Crippen molar-refractivity contribution in [1.82, 2.24) is 9.80 Å². The first-order chi connectivity index (χ1) is 13.7. The molecule has 0 radical (unpaired) electrons. The summed E-state index contributed by atoms with van der Waals surface area (Å²) in [5, 5.41) is 0. The fourth-order valence-electron chi connectivity index (χ4n) is 5.18. The van der Waals surface area contributed by atoms with E-state index < -0.39 is 0 Å². The molecule has 3 fully saturated rings. The van der Waals surface area contributed by atoms with Crippen LogP contribution in [0.15, 0.2) is 12.1 Å². The van der Waals surface area contributed by atoms with E-state index in [-0.39, 0.29) is 0 Å². The quantitative estimate of drug-likeness (QED) is 0.750. The highest BCUT2D eigenvalue weighted by Crippen LogP contribution is 2.56. The summed E-state index contributed by atoms with van der Waals surface area (Å²) in [6.45, 7) is 4.29. The molecule has 2 aliphatic carbocycles. The first-order valence-corrected chi connectivity index (χ1v) is 10.5. The van der Waals surface area contributed by atoms with Crippen molar-refractivity contribution in [2.24, 2.45) is 17.8 Å². The molecule has 3 atom stereocenters. The molecule has 1 aromatic rings. The Morgan fingerprint density at radius 2 is 1.50 bits per heavy atom. The van der Waals surface area contributed by atoms with Crippen LogP contribution in [0.5, 0.6) is 17.2 Å². The summed E-state index contributed by atoms with van der Waals surface area (Å²) in [6.07, 6.45) is 5.16. The van der Waals surface area contributed by atoms with E-state index in [0.29, 0.717) is 40.9 Å². The van der Waals surface area contributed by atoms with Crippen molar-refractivity contribution in [3.8, 4) is 17.2 Å². The van der Waals surface area contributed by atoms with Crippen LogP contribution in [0.3, 0.4) is 0 Å². The minimum atomic E-state index is 0.337. The molecule has 0 bridgehead atoms. The maximum absolute atomic E-state index is 12.9. The topological polar surface area (TPSA) is 51.2 Å². The predicted molar refractivity (Wildman–Crippen MR) is 107 cm³/mol. The Hall–Kier alpha value is -1.95. The van der Waals surface area contributed by atoms with Crippen molar-refractivity contribution >= 4 is 5.91 Å². The summed E-state index contributed by atoms with van der Waals surface area (Å²) in [7, 11) is 4.90. The summed E-state index contributed by atoms with van der Waals surface area (Å²) < 4.78 is 16.3. The van der Waals surface area contributed by atoms with Gasteiger partial charge in [0.15, 0.2) is 11.5 Å². The zero-order valence-electron chi connectivity index (χ0n) is 17.3. The Morgan fingerprint density at radius 1 is 0.929 bits per heavy atom. The number of hydrogen-bond acceptors (Lipinski definition) is 5. The van der Waals surface area contributed by atoms with Crippen LogP contribution in [0, 0.1) is 17.8 Å². The third kappa shape index (κ3) is 3.66. The average Bonchev–Trinajstić information content (AvgIpc) is 3.47. The smallest absolute Gasteiger partial charge is 0.226 e. The fourth-order valence-corrected chi connectivity index (χ4v) is 5.18. The molecule has 1 amide bonds. The second kappa shape index (κ2) is 8.19. The molecule has 1 unspecified atom stereocenters. The van der Waals surface area contributed by atoms with Gasteiger partial charge in [0.1, 0.15) is 0 Å². The van der Waals surface area contributed by atoms with Gasteiger partial charge in [0.05, 0.1) is 21.3 Å². The molecule has 3 aliphatic rings. The molecule has 0 spiro atoms. The molecule has 1 aliphatic heterocycles. The van der Waals surface area contributed by atoms with E-state index in [1.807, 2.05) is 12.1 Å². The Morgan fingerprint density at radius 3 is 2.00 bits per heavy atom. The summed E-state index contributed by atoms with van der Waals surface area (Å²) in [4.78, 5) is 17.4. The van der Waals surface area contributed by atoms with Crippen LogP contribution in [-0.4, -0.2) is 63.2 Å². The SMILES string of the molecule is COc1cc(CN2CCN(C(=O)C3[C@H]4CCCC[C@@H]34)CC2)cc(OC)c1OC. The van der Waals surface area contributed by atoms with Crippen LogP contribution in [0.2, 0.25) is 0 Å². The number of amides is 1. The van der Waals surface area contributed by atoms with E-state index in [4.69, 9.17) is 14.2 Å². The molecule has 0 aromatic heterocycles. The van der Waals surface area contributed by atoms with Gasteiger partial charge >= 0.3 is 0 Å². The van der Waals surface area contributed by atoms with Crippen molar-refractivity contribution in [2.75, 3.05) is 47.5 Å². The molecule has 6 heteroatoms. The number of methoxy groups -OCH3 is 3. The van der Waals surface area contributed by atoms with Crippen molar-refractivity contribution < 1.29 is 19.0 Å². The van der Waals surface area contributed by atoms with E-state index in [0.717, 1.165) is 38.3 Å². The van der Waals surface area contributed by atoms with Gasteiger partial charge in [-0.1, -0.05) is 12.8 Å². The number of hydrogen-bond donors (Lipinski definition) is 0. The molecule has 6 nitrogen and oxygen atoms in total. The van der Waals surface area contributed by atoms with Crippen molar-refractivity contribution in [2.45, 2.75) is 32.2 Å². The minimum Gasteiger partial charge on any atom is -0.493 e. The van der Waals surface area contributed by atoms with E-state index >= 15 is 0 Å². The molecule has 28 heavy (non-hydrogen) atoms. The number of fused-ring (bicyclic) bond motifs is 1. The van der Waals surface area contributed by atoms with Gasteiger partial charge in [0, 0.05) is 38.6 Å². The largest absolute Gasteiger partial charge is 0.493 e. The lowest BCUT2D eigenvalue weighted by molar-refractivity contribution is -0.135. The average molecular weight is 389 g/mol. The zero-order chi connectivity index (χ0) is 19.7. The molecule has 1 heterocycles. The highest BCUT2D eigenvalue weighted by Gasteiger charge is 2.55. The fraction of sp³-hybridized carbons (Fsp3) is 0.682. The number of rotatable bonds is 6. The van der Waals surface area contributed by atoms with Gasteiger partial charge in [-0.05, 0) is 42.4 Å². The zero-order valence-corrected chi connectivity index (χ0v) is 17.3. The number of benzene rings is 1. The van der Waals surface area contributed by atoms with E-state index in [9.17, 15) is 4.79 Å². The molecular weight excluding hydrogens is 356 g/mol. The first kappa shape index (κ1) is 19.4. The molecular formula is C22H32N2O4. The Bertz CT molecular complexity index is 677. The second-order valence-electron chi connectivity index (χ2n) is 8.27. The van der Waals surface area contributed by atoms with Gasteiger partial charge in [-0.25, -0.2) is 0 Å². The molecule has 2 saturated carbocycles. The maximum Gasteiger partial charge on any atom is 0.226 e. The second-order valence-corrected chi connectivity index (χ2v) is 8.27. The van der Waals surface area contributed by atoms with Crippen LogP contribution >= 0.6 is 0 Å². The maximum atomic E-state index is 12.9.